The molecule has 2 N–H and O–H groups in total. The Morgan fingerprint density at radius 1 is 0.533 bits per heavy atom. The van der Waals surface area contributed by atoms with Gasteiger partial charge in [-0.3, -0.25) is 0 Å². The molecule has 0 amide bonds. The number of aliphatic imine (C=N–C) groups is 2. The van der Waals surface area contributed by atoms with Crippen molar-refractivity contribution in [3.63, 3.8) is 0 Å². The van der Waals surface area contributed by atoms with E-state index in [-0.39, 0.29) is 22.9 Å². The first kappa shape index (κ1) is 28.5. The highest BCUT2D eigenvalue weighted by Gasteiger charge is 2.37. The summed E-state index contributed by atoms with van der Waals surface area (Å²) in [5, 5.41) is 0. The van der Waals surface area contributed by atoms with Gasteiger partial charge in [-0.1, -0.05) is 12.1 Å². The lowest BCUT2D eigenvalue weighted by molar-refractivity contribution is -0.143. The standard InChI is InChI=1S/C34H23F6N5/c1-45(2)22-5-3-18(4-6-22)31-27-11-7-23(41-27)25-9-13-29(43-25)32(30-14-10-26(44-30)24-8-12-28(31)42-24)19-15-20(33(35,36)37)17-21(16-19)34(38,39)40/h3-17,41,44H,1-2H3. The molecule has 3 aliphatic rings. The zero-order valence-electron chi connectivity index (χ0n) is 23.8. The maximum absolute atomic E-state index is 13.8. The molecule has 0 atom stereocenters. The van der Waals surface area contributed by atoms with Crippen LogP contribution in [0.2, 0.25) is 0 Å². The molecular weight excluding hydrogens is 592 g/mol. The third-order valence-corrected chi connectivity index (χ3v) is 7.80. The summed E-state index contributed by atoms with van der Waals surface area (Å²) in [6.45, 7) is 0. The van der Waals surface area contributed by atoms with Gasteiger partial charge in [0.2, 0.25) is 0 Å². The molecule has 0 spiro atoms. The zero-order valence-corrected chi connectivity index (χ0v) is 23.8. The molecule has 4 aromatic rings. The quantitative estimate of drug-likeness (QED) is 0.224. The first-order valence-electron chi connectivity index (χ1n) is 13.8. The van der Waals surface area contributed by atoms with Crippen LogP contribution in [0.15, 0.2) is 112 Å². The van der Waals surface area contributed by atoms with E-state index in [2.05, 4.69) is 15.0 Å². The number of benzene rings is 2. The Morgan fingerprint density at radius 2 is 0.978 bits per heavy atom. The minimum Gasteiger partial charge on any atom is -0.378 e. The van der Waals surface area contributed by atoms with Gasteiger partial charge < -0.3 is 14.9 Å². The van der Waals surface area contributed by atoms with Crippen LogP contribution < -0.4 is 4.90 Å². The summed E-state index contributed by atoms with van der Waals surface area (Å²) in [7, 11) is 3.92. The number of anilines is 1. The van der Waals surface area contributed by atoms with Crippen LogP contribution in [0.4, 0.5) is 32.0 Å². The van der Waals surface area contributed by atoms with Crippen molar-refractivity contribution in [2.24, 2.45) is 9.98 Å². The number of nitrogens with zero attached hydrogens (tertiary/aromatic N) is 3. The number of aromatic amines is 2. The van der Waals surface area contributed by atoms with Gasteiger partial charge >= 0.3 is 12.4 Å². The Kier molecular flexibility index (Phi) is 6.40. The molecule has 0 aliphatic carbocycles. The first-order valence-corrected chi connectivity index (χ1v) is 13.8. The summed E-state index contributed by atoms with van der Waals surface area (Å²) in [4.78, 5) is 18.1. The summed E-state index contributed by atoms with van der Waals surface area (Å²) in [5.74, 6) is 0. The topological polar surface area (TPSA) is 59.5 Å². The van der Waals surface area contributed by atoms with E-state index in [0.29, 0.717) is 34.2 Å². The lowest BCUT2D eigenvalue weighted by Crippen LogP contribution is -2.12. The van der Waals surface area contributed by atoms with Crippen LogP contribution in [-0.2, 0) is 12.4 Å². The van der Waals surface area contributed by atoms with Gasteiger partial charge in [-0.2, -0.15) is 26.3 Å². The average molecular weight is 616 g/mol. The number of rotatable bonds is 3. The van der Waals surface area contributed by atoms with Crippen molar-refractivity contribution in [2.75, 3.05) is 19.0 Å². The number of alkyl halides is 6. The number of allylic oxidation sites excluding steroid dienone is 4. The van der Waals surface area contributed by atoms with Gasteiger partial charge in [0.05, 0.1) is 45.3 Å². The molecular formula is C34H23F6N5. The van der Waals surface area contributed by atoms with E-state index in [0.717, 1.165) is 34.7 Å². The minimum atomic E-state index is -5.00. The summed E-state index contributed by atoms with van der Waals surface area (Å²) in [6.07, 6.45) is -3.05. The molecule has 0 radical (unpaired) electrons. The van der Waals surface area contributed by atoms with Crippen molar-refractivity contribution in [3.05, 3.63) is 147 Å². The van der Waals surface area contributed by atoms with Gasteiger partial charge in [0.1, 0.15) is 0 Å². The van der Waals surface area contributed by atoms with E-state index in [1.807, 2.05) is 67.5 Å². The predicted octanol–water partition coefficient (Wildman–Crippen LogP) is 8.40. The van der Waals surface area contributed by atoms with Crippen molar-refractivity contribution in [1.82, 2.24) is 9.97 Å². The van der Waals surface area contributed by atoms with Gasteiger partial charge in [-0.15, -0.1) is 0 Å². The number of halogens is 6. The molecule has 2 aromatic carbocycles. The molecule has 0 saturated heterocycles. The lowest BCUT2D eigenvalue weighted by atomic mass is 9.95. The Hall–Kier alpha value is -5.32. The molecule has 7 rings (SSSR count). The van der Waals surface area contributed by atoms with Crippen LogP contribution in [0.1, 0.15) is 45.0 Å². The molecule has 0 unspecified atom stereocenters. The number of H-pyrrole nitrogens is 2. The molecule has 5 heterocycles. The summed E-state index contributed by atoms with van der Waals surface area (Å²) in [5.41, 5.74) is 3.93. The average Bonchev–Trinajstić information content (AvgIpc) is 3.80. The molecule has 0 fully saturated rings. The fourth-order valence-corrected chi connectivity index (χ4v) is 5.59. The van der Waals surface area contributed by atoms with Crippen molar-refractivity contribution in [2.45, 2.75) is 12.4 Å². The molecule has 8 bridgehead atoms. The number of nitrogens with one attached hydrogen (secondary N) is 2. The molecule has 3 aliphatic heterocycles. The monoisotopic (exact) mass is 615 g/mol. The van der Waals surface area contributed by atoms with Gasteiger partial charge in [-0.25, -0.2) is 9.98 Å². The van der Waals surface area contributed by atoms with Gasteiger partial charge in [0, 0.05) is 42.3 Å². The van der Waals surface area contributed by atoms with Crippen LogP contribution >= 0.6 is 0 Å². The van der Waals surface area contributed by atoms with E-state index >= 15 is 0 Å². The molecule has 5 nitrogen and oxygen atoms in total. The summed E-state index contributed by atoms with van der Waals surface area (Å²) in [6, 6.07) is 16.6. The number of aromatic nitrogens is 2. The third kappa shape index (κ3) is 5.13. The summed E-state index contributed by atoms with van der Waals surface area (Å²) < 4.78 is 82.9. The fraction of sp³-hybridized carbons (Fsp3) is 0.118. The van der Waals surface area contributed by atoms with Crippen molar-refractivity contribution >= 4 is 28.3 Å². The van der Waals surface area contributed by atoms with Crippen LogP contribution in [0.3, 0.4) is 0 Å². The smallest absolute Gasteiger partial charge is 0.378 e. The normalized spacial score (nSPS) is 15.9. The number of hydrogen-bond acceptors (Lipinski definition) is 3. The predicted molar refractivity (Wildman–Crippen MR) is 162 cm³/mol. The van der Waals surface area contributed by atoms with Gasteiger partial charge in [-0.05, 0) is 90.0 Å². The van der Waals surface area contributed by atoms with E-state index in [1.54, 1.807) is 24.3 Å². The highest BCUT2D eigenvalue weighted by molar-refractivity contribution is 6.13. The van der Waals surface area contributed by atoms with Gasteiger partial charge in [0.15, 0.2) is 0 Å². The second kappa shape index (κ2) is 10.1. The Bertz CT molecular complexity index is 2010. The van der Waals surface area contributed by atoms with E-state index < -0.39 is 23.5 Å². The highest BCUT2D eigenvalue weighted by Crippen LogP contribution is 2.41. The van der Waals surface area contributed by atoms with Crippen molar-refractivity contribution < 1.29 is 26.3 Å². The Balaban J connectivity index is 1.45. The maximum atomic E-state index is 13.8. The summed E-state index contributed by atoms with van der Waals surface area (Å²) >= 11 is 0. The van der Waals surface area contributed by atoms with Gasteiger partial charge in [0.25, 0.3) is 0 Å². The molecule has 226 valence electrons. The molecule has 0 saturated carbocycles. The second-order valence-electron chi connectivity index (χ2n) is 11.0. The zero-order chi connectivity index (χ0) is 31.7. The van der Waals surface area contributed by atoms with Crippen molar-refractivity contribution in [1.29, 1.82) is 0 Å². The van der Waals surface area contributed by atoms with Crippen LogP contribution in [0.5, 0.6) is 0 Å². The first-order chi connectivity index (χ1) is 21.3. The van der Waals surface area contributed by atoms with E-state index in [9.17, 15) is 26.3 Å². The maximum Gasteiger partial charge on any atom is 0.416 e. The fourth-order valence-electron chi connectivity index (χ4n) is 5.59. The van der Waals surface area contributed by atoms with E-state index in [1.165, 1.54) is 0 Å². The largest absolute Gasteiger partial charge is 0.416 e. The molecule has 11 heteroatoms. The van der Waals surface area contributed by atoms with Crippen LogP contribution in [0, 0.1) is 0 Å². The molecule has 45 heavy (non-hydrogen) atoms. The Morgan fingerprint density at radius 3 is 1.42 bits per heavy atom. The third-order valence-electron chi connectivity index (χ3n) is 7.80. The second-order valence-corrected chi connectivity index (χ2v) is 11.0. The van der Waals surface area contributed by atoms with Crippen LogP contribution in [0.25, 0.3) is 11.1 Å². The number of fused-ring (bicyclic) bond motifs is 8. The van der Waals surface area contributed by atoms with E-state index in [4.69, 9.17) is 4.99 Å². The highest BCUT2D eigenvalue weighted by atomic mass is 19.4. The number of hydrogen-bond donors (Lipinski definition) is 2. The Labute approximate surface area is 253 Å². The minimum absolute atomic E-state index is 0.0907. The lowest BCUT2D eigenvalue weighted by Gasteiger charge is -2.16. The van der Waals surface area contributed by atoms with Crippen molar-refractivity contribution in [3.8, 4) is 0 Å². The van der Waals surface area contributed by atoms with Crippen LogP contribution in [-0.4, -0.2) is 35.5 Å². The SMILES string of the molecule is CN(C)c1ccc(C2=C3C=CC(=N3)c3ccc([nH]3)C(c3cc(C(F)(F)F)cc(C(F)(F)F)c3)=C3C=CC(=N3)c3ccc2[nH]3)cc1. The molecule has 2 aromatic heterocycles.